The first kappa shape index (κ1) is 18.0. The molecule has 1 amide bonds. The van der Waals surface area contributed by atoms with Gasteiger partial charge in [0.15, 0.2) is 0 Å². The van der Waals surface area contributed by atoms with Crippen molar-refractivity contribution in [3.63, 3.8) is 0 Å². The highest BCUT2D eigenvalue weighted by Gasteiger charge is 2.37. The molecule has 2 fully saturated rings. The Hall–Kier alpha value is -2.11. The van der Waals surface area contributed by atoms with Crippen molar-refractivity contribution >= 4 is 16.8 Å². The van der Waals surface area contributed by atoms with Crippen molar-refractivity contribution < 1.29 is 9.53 Å². The van der Waals surface area contributed by atoms with Crippen molar-refractivity contribution in [2.45, 2.75) is 12.8 Å². The Bertz CT molecular complexity index is 868. The molecule has 5 heteroatoms. The fourth-order valence-corrected chi connectivity index (χ4v) is 5.17. The average molecular weight is 380 g/mol. The number of fused-ring (bicyclic) bond motifs is 3. The molecule has 1 saturated carbocycles. The number of carbonyl (C=O) groups is 1. The smallest absolute Gasteiger partial charge is 0.256 e. The first-order valence-electron chi connectivity index (χ1n) is 10.6. The molecule has 2 bridgehead atoms. The van der Waals surface area contributed by atoms with Crippen LogP contribution in [0, 0.1) is 17.8 Å². The summed E-state index contributed by atoms with van der Waals surface area (Å²) in [5.74, 6) is 2.16. The zero-order valence-corrected chi connectivity index (χ0v) is 16.3. The van der Waals surface area contributed by atoms with Crippen molar-refractivity contribution in [2.24, 2.45) is 17.8 Å². The maximum Gasteiger partial charge on any atom is 0.256 e. The van der Waals surface area contributed by atoms with Crippen molar-refractivity contribution in [1.82, 2.24) is 14.8 Å². The number of morpholine rings is 1. The number of hydrogen-bond acceptors (Lipinski definition) is 3. The van der Waals surface area contributed by atoms with Gasteiger partial charge in [0.05, 0.1) is 18.8 Å². The van der Waals surface area contributed by atoms with E-state index in [4.69, 9.17) is 4.74 Å². The topological polar surface area (TPSA) is 48.6 Å². The molecule has 2 aliphatic carbocycles. The van der Waals surface area contributed by atoms with Crippen LogP contribution in [0.3, 0.4) is 0 Å². The van der Waals surface area contributed by atoms with Gasteiger partial charge in [-0.15, -0.1) is 0 Å². The number of nitrogens with one attached hydrogen (secondary N) is 1. The van der Waals surface area contributed by atoms with Gasteiger partial charge in [-0.3, -0.25) is 9.69 Å². The summed E-state index contributed by atoms with van der Waals surface area (Å²) >= 11 is 0. The van der Waals surface area contributed by atoms with Gasteiger partial charge in [0.25, 0.3) is 5.91 Å². The molecule has 5 rings (SSSR count). The predicted octanol–water partition coefficient (Wildman–Crippen LogP) is 3.15. The van der Waals surface area contributed by atoms with E-state index in [-0.39, 0.29) is 5.91 Å². The second-order valence-corrected chi connectivity index (χ2v) is 8.49. The normalized spacial score (nSPS) is 26.9. The van der Waals surface area contributed by atoms with Gasteiger partial charge < -0.3 is 14.6 Å². The van der Waals surface area contributed by atoms with E-state index in [1.807, 2.05) is 30.5 Å². The number of aromatic nitrogens is 1. The summed E-state index contributed by atoms with van der Waals surface area (Å²) in [6.45, 7) is 6.11. The highest BCUT2D eigenvalue weighted by atomic mass is 16.5. The molecule has 2 heterocycles. The van der Waals surface area contributed by atoms with Gasteiger partial charge in [0.2, 0.25) is 0 Å². The van der Waals surface area contributed by atoms with Gasteiger partial charge in [-0.05, 0) is 36.7 Å². The molecule has 1 saturated heterocycles. The van der Waals surface area contributed by atoms with Crippen LogP contribution < -0.4 is 0 Å². The lowest BCUT2D eigenvalue weighted by molar-refractivity contribution is 0.0313. The van der Waals surface area contributed by atoms with E-state index >= 15 is 0 Å². The van der Waals surface area contributed by atoms with Crippen LogP contribution in [0.4, 0.5) is 0 Å². The van der Waals surface area contributed by atoms with Crippen LogP contribution in [0.5, 0.6) is 0 Å². The third-order valence-electron chi connectivity index (χ3n) is 6.77. The Labute approximate surface area is 166 Å². The van der Waals surface area contributed by atoms with Crippen LogP contribution >= 0.6 is 0 Å². The summed E-state index contributed by atoms with van der Waals surface area (Å²) in [5.41, 5.74) is 1.83. The van der Waals surface area contributed by atoms with E-state index in [9.17, 15) is 4.79 Å². The number of amides is 1. The number of H-pyrrole nitrogens is 1. The Balaban J connectivity index is 1.34. The summed E-state index contributed by atoms with van der Waals surface area (Å²) in [5, 5.41) is 1.02. The molecule has 2 aromatic rings. The Morgan fingerprint density at radius 1 is 1.18 bits per heavy atom. The molecule has 3 aliphatic rings. The van der Waals surface area contributed by atoms with Crippen molar-refractivity contribution in [3.05, 3.63) is 48.2 Å². The van der Waals surface area contributed by atoms with Crippen molar-refractivity contribution in [1.29, 1.82) is 0 Å². The van der Waals surface area contributed by atoms with E-state index in [2.05, 4.69) is 26.9 Å². The maximum atomic E-state index is 13.5. The van der Waals surface area contributed by atoms with Gasteiger partial charge in [0, 0.05) is 49.8 Å². The number of nitrogens with zero attached hydrogens (tertiary/aromatic N) is 2. The second kappa shape index (κ2) is 7.72. The number of para-hydroxylation sites is 1. The summed E-state index contributed by atoms with van der Waals surface area (Å²) in [7, 11) is 0. The standard InChI is InChI=1S/C23H29N3O2/c27-23(21-15-24-22-4-2-1-3-20(21)22)26(8-7-25-9-11-28-12-10-25)16-19-14-17-5-6-18(19)13-17/h1-6,15,17-19,24H,7-14,16H2. The molecule has 1 aliphatic heterocycles. The van der Waals surface area contributed by atoms with E-state index in [0.717, 1.165) is 68.3 Å². The minimum absolute atomic E-state index is 0.164. The summed E-state index contributed by atoms with van der Waals surface area (Å²) < 4.78 is 5.47. The quantitative estimate of drug-likeness (QED) is 0.785. The number of allylic oxidation sites excluding steroid dienone is 2. The highest BCUT2D eigenvalue weighted by molar-refractivity contribution is 6.06. The number of benzene rings is 1. The lowest BCUT2D eigenvalue weighted by Gasteiger charge is -2.32. The van der Waals surface area contributed by atoms with Crippen LogP contribution in [0.15, 0.2) is 42.6 Å². The molecule has 148 valence electrons. The van der Waals surface area contributed by atoms with E-state index in [0.29, 0.717) is 11.8 Å². The van der Waals surface area contributed by atoms with Gasteiger partial charge in [-0.2, -0.15) is 0 Å². The fraction of sp³-hybridized carbons (Fsp3) is 0.522. The molecule has 0 spiro atoms. The number of rotatable bonds is 6. The number of aromatic amines is 1. The molecule has 0 radical (unpaired) electrons. The molecule has 5 nitrogen and oxygen atoms in total. The monoisotopic (exact) mass is 379 g/mol. The molecule has 28 heavy (non-hydrogen) atoms. The maximum absolute atomic E-state index is 13.5. The summed E-state index contributed by atoms with van der Waals surface area (Å²) in [6.07, 6.45) is 9.16. The SMILES string of the molecule is O=C(c1c[nH]c2ccccc12)N(CCN1CCOCC1)CC1CC2C=CC1C2. The van der Waals surface area contributed by atoms with Crippen LogP contribution in [0.25, 0.3) is 10.9 Å². The molecule has 1 aromatic carbocycles. The molecular weight excluding hydrogens is 350 g/mol. The lowest BCUT2D eigenvalue weighted by Crippen LogP contribution is -2.44. The van der Waals surface area contributed by atoms with E-state index in [1.165, 1.54) is 12.8 Å². The van der Waals surface area contributed by atoms with Crippen molar-refractivity contribution in [3.8, 4) is 0 Å². The first-order valence-corrected chi connectivity index (χ1v) is 10.6. The molecular formula is C23H29N3O2. The lowest BCUT2D eigenvalue weighted by atomic mass is 9.93. The molecule has 3 unspecified atom stereocenters. The Morgan fingerprint density at radius 3 is 2.82 bits per heavy atom. The predicted molar refractivity (Wildman–Crippen MR) is 110 cm³/mol. The van der Waals surface area contributed by atoms with Crippen LogP contribution in [0.1, 0.15) is 23.2 Å². The van der Waals surface area contributed by atoms with Crippen LogP contribution in [-0.2, 0) is 4.74 Å². The third-order valence-corrected chi connectivity index (χ3v) is 6.77. The van der Waals surface area contributed by atoms with E-state index < -0.39 is 0 Å². The largest absolute Gasteiger partial charge is 0.379 e. The van der Waals surface area contributed by atoms with Gasteiger partial charge >= 0.3 is 0 Å². The second-order valence-electron chi connectivity index (χ2n) is 8.49. The zero-order chi connectivity index (χ0) is 18.9. The summed E-state index contributed by atoms with van der Waals surface area (Å²) in [6, 6.07) is 8.08. The average Bonchev–Trinajstić information content (AvgIpc) is 3.46. The molecule has 1 N–H and O–H groups in total. The van der Waals surface area contributed by atoms with E-state index in [1.54, 1.807) is 0 Å². The molecule has 3 atom stereocenters. The van der Waals surface area contributed by atoms with Gasteiger partial charge in [-0.1, -0.05) is 30.4 Å². The van der Waals surface area contributed by atoms with Crippen LogP contribution in [-0.4, -0.2) is 66.6 Å². The molecule has 1 aromatic heterocycles. The number of ether oxygens (including phenoxy) is 1. The minimum Gasteiger partial charge on any atom is -0.379 e. The number of carbonyl (C=O) groups excluding carboxylic acids is 1. The van der Waals surface area contributed by atoms with Gasteiger partial charge in [0.1, 0.15) is 0 Å². The fourth-order valence-electron chi connectivity index (χ4n) is 5.17. The first-order chi connectivity index (χ1) is 13.8. The van der Waals surface area contributed by atoms with Crippen molar-refractivity contribution in [2.75, 3.05) is 45.9 Å². The minimum atomic E-state index is 0.164. The van der Waals surface area contributed by atoms with Gasteiger partial charge in [-0.25, -0.2) is 0 Å². The third kappa shape index (κ3) is 3.49. The van der Waals surface area contributed by atoms with Crippen LogP contribution in [0.2, 0.25) is 0 Å². The number of hydrogen-bond donors (Lipinski definition) is 1. The highest BCUT2D eigenvalue weighted by Crippen LogP contribution is 2.43. The zero-order valence-electron chi connectivity index (χ0n) is 16.3. The Kier molecular flexibility index (Phi) is 4.95. The summed E-state index contributed by atoms with van der Waals surface area (Å²) in [4.78, 5) is 21.3. The Morgan fingerprint density at radius 2 is 2.04 bits per heavy atom.